The van der Waals surface area contributed by atoms with E-state index < -0.39 is 0 Å². The topological polar surface area (TPSA) is 73.1 Å². The van der Waals surface area contributed by atoms with Crippen LogP contribution in [0.4, 0.5) is 0 Å². The van der Waals surface area contributed by atoms with Gasteiger partial charge in [-0.3, -0.25) is 4.79 Å². The molecular weight excluding hydrogens is 306 g/mol. The molecule has 1 fully saturated rings. The van der Waals surface area contributed by atoms with Crippen LogP contribution in [-0.4, -0.2) is 50.0 Å². The van der Waals surface area contributed by atoms with Crippen molar-refractivity contribution >= 4 is 5.91 Å². The number of nitrogens with zero attached hydrogens (tertiary/aromatic N) is 5. The highest BCUT2D eigenvalue weighted by molar-refractivity contribution is 5.76. The summed E-state index contributed by atoms with van der Waals surface area (Å²) in [5.74, 6) is 0.906. The van der Waals surface area contributed by atoms with Gasteiger partial charge in [0, 0.05) is 37.6 Å². The summed E-state index contributed by atoms with van der Waals surface area (Å²) in [6, 6.07) is 1.94. The van der Waals surface area contributed by atoms with Crippen molar-refractivity contribution in [2.24, 2.45) is 0 Å². The molecule has 0 bridgehead atoms. The highest BCUT2D eigenvalue weighted by atomic mass is 16.5. The summed E-state index contributed by atoms with van der Waals surface area (Å²) in [5.41, 5.74) is 1.78. The fourth-order valence-electron chi connectivity index (χ4n) is 2.96. The average molecular weight is 329 g/mol. The Morgan fingerprint density at radius 3 is 3.00 bits per heavy atom. The van der Waals surface area contributed by atoms with Crippen LogP contribution in [0.5, 0.6) is 0 Å². The standard InChI is InChI=1S/C17H23N5O2/c1-13-10-15(20-14(2)19-13)16-11-22(8-9-24-16)17(23)4-3-6-21-7-5-18-12-21/h5,7,10,12,16H,3-4,6,8-9,11H2,1-2H3/t16-/m1/s1. The van der Waals surface area contributed by atoms with Gasteiger partial charge in [0.15, 0.2) is 0 Å². The van der Waals surface area contributed by atoms with E-state index in [1.54, 1.807) is 12.5 Å². The van der Waals surface area contributed by atoms with Crippen LogP contribution in [0.1, 0.15) is 36.2 Å². The normalized spacial score (nSPS) is 17.9. The van der Waals surface area contributed by atoms with E-state index in [0.29, 0.717) is 26.1 Å². The van der Waals surface area contributed by atoms with Gasteiger partial charge >= 0.3 is 0 Å². The minimum absolute atomic E-state index is 0.170. The van der Waals surface area contributed by atoms with Crippen molar-refractivity contribution in [3.05, 3.63) is 42.0 Å². The number of rotatable bonds is 5. The van der Waals surface area contributed by atoms with Crippen LogP contribution in [0.2, 0.25) is 0 Å². The monoisotopic (exact) mass is 329 g/mol. The van der Waals surface area contributed by atoms with E-state index in [1.165, 1.54) is 0 Å². The maximum absolute atomic E-state index is 12.5. The molecule has 0 radical (unpaired) electrons. The highest BCUT2D eigenvalue weighted by Crippen LogP contribution is 2.22. The molecule has 7 nitrogen and oxygen atoms in total. The van der Waals surface area contributed by atoms with E-state index >= 15 is 0 Å². The maximum Gasteiger partial charge on any atom is 0.222 e. The lowest BCUT2D eigenvalue weighted by Crippen LogP contribution is -2.42. The first-order chi connectivity index (χ1) is 11.6. The number of aromatic nitrogens is 4. The number of ether oxygens (including phenoxy) is 1. The second-order valence-corrected chi connectivity index (χ2v) is 6.08. The first-order valence-electron chi connectivity index (χ1n) is 8.29. The molecule has 7 heteroatoms. The summed E-state index contributed by atoms with van der Waals surface area (Å²) in [5, 5.41) is 0. The number of carbonyl (C=O) groups excluding carboxylic acids is 1. The zero-order valence-corrected chi connectivity index (χ0v) is 14.2. The Bertz CT molecular complexity index is 666. The van der Waals surface area contributed by atoms with Crippen molar-refractivity contribution in [2.45, 2.75) is 39.3 Å². The smallest absolute Gasteiger partial charge is 0.222 e. The number of morpholine rings is 1. The Morgan fingerprint density at radius 1 is 1.38 bits per heavy atom. The summed E-state index contributed by atoms with van der Waals surface area (Å²) in [6.45, 7) is 6.37. The summed E-state index contributed by atoms with van der Waals surface area (Å²) >= 11 is 0. The predicted octanol–water partition coefficient (Wildman–Crippen LogP) is 1.67. The molecule has 1 amide bonds. The SMILES string of the molecule is Cc1cc([C@H]2CN(C(=O)CCCn3ccnc3)CCO2)nc(C)n1. The van der Waals surface area contributed by atoms with Gasteiger partial charge in [-0.15, -0.1) is 0 Å². The quantitative estimate of drug-likeness (QED) is 0.834. The van der Waals surface area contributed by atoms with Crippen molar-refractivity contribution < 1.29 is 9.53 Å². The maximum atomic E-state index is 12.5. The van der Waals surface area contributed by atoms with Crippen LogP contribution < -0.4 is 0 Å². The number of carbonyl (C=O) groups is 1. The Kier molecular flexibility index (Phi) is 5.20. The molecule has 128 valence electrons. The Hall–Kier alpha value is -2.28. The molecule has 3 rings (SSSR count). The number of hydrogen-bond donors (Lipinski definition) is 0. The fourth-order valence-corrected chi connectivity index (χ4v) is 2.96. The van der Waals surface area contributed by atoms with Gasteiger partial charge in [-0.1, -0.05) is 0 Å². The molecule has 1 atom stereocenters. The molecule has 0 saturated carbocycles. The molecule has 1 aliphatic rings. The van der Waals surface area contributed by atoms with Crippen molar-refractivity contribution in [2.75, 3.05) is 19.7 Å². The summed E-state index contributed by atoms with van der Waals surface area (Å²) in [6.07, 6.45) is 6.61. The molecule has 1 saturated heterocycles. The zero-order chi connectivity index (χ0) is 16.9. The van der Waals surface area contributed by atoms with E-state index in [-0.39, 0.29) is 12.0 Å². The lowest BCUT2D eigenvalue weighted by Gasteiger charge is -2.33. The molecule has 0 spiro atoms. The van der Waals surface area contributed by atoms with Crippen molar-refractivity contribution in [3.63, 3.8) is 0 Å². The van der Waals surface area contributed by atoms with E-state index in [4.69, 9.17) is 4.74 Å². The number of aryl methyl sites for hydroxylation is 3. The molecule has 0 N–H and O–H groups in total. The minimum Gasteiger partial charge on any atom is -0.368 e. The van der Waals surface area contributed by atoms with Gasteiger partial charge < -0.3 is 14.2 Å². The van der Waals surface area contributed by atoms with Gasteiger partial charge in [-0.25, -0.2) is 15.0 Å². The molecule has 24 heavy (non-hydrogen) atoms. The molecule has 0 aliphatic carbocycles. The van der Waals surface area contributed by atoms with Crippen LogP contribution in [0.3, 0.4) is 0 Å². The zero-order valence-electron chi connectivity index (χ0n) is 14.2. The Morgan fingerprint density at radius 2 is 2.25 bits per heavy atom. The van der Waals surface area contributed by atoms with E-state index in [1.807, 2.05) is 35.6 Å². The third-order valence-electron chi connectivity index (χ3n) is 4.10. The third kappa shape index (κ3) is 4.17. The van der Waals surface area contributed by atoms with Crippen LogP contribution in [0.15, 0.2) is 24.8 Å². The van der Waals surface area contributed by atoms with Crippen LogP contribution in [0.25, 0.3) is 0 Å². The van der Waals surface area contributed by atoms with Gasteiger partial charge in [-0.2, -0.15) is 0 Å². The van der Waals surface area contributed by atoms with Gasteiger partial charge in [0.2, 0.25) is 5.91 Å². The van der Waals surface area contributed by atoms with Crippen molar-refractivity contribution in [3.8, 4) is 0 Å². The summed E-state index contributed by atoms with van der Waals surface area (Å²) in [4.78, 5) is 27.1. The fraction of sp³-hybridized carbons (Fsp3) is 0.529. The first kappa shape index (κ1) is 16.6. The average Bonchev–Trinajstić information content (AvgIpc) is 3.07. The Balaban J connectivity index is 1.55. The molecule has 2 aromatic heterocycles. The summed E-state index contributed by atoms with van der Waals surface area (Å²) in [7, 11) is 0. The number of imidazole rings is 1. The van der Waals surface area contributed by atoms with Crippen LogP contribution in [-0.2, 0) is 16.1 Å². The van der Waals surface area contributed by atoms with Gasteiger partial charge in [-0.05, 0) is 26.3 Å². The van der Waals surface area contributed by atoms with Gasteiger partial charge in [0.1, 0.15) is 11.9 Å². The predicted molar refractivity (Wildman–Crippen MR) is 88.2 cm³/mol. The highest BCUT2D eigenvalue weighted by Gasteiger charge is 2.26. The lowest BCUT2D eigenvalue weighted by atomic mass is 10.1. The molecule has 1 aliphatic heterocycles. The van der Waals surface area contributed by atoms with Gasteiger partial charge in [0.05, 0.1) is 25.2 Å². The van der Waals surface area contributed by atoms with E-state index in [9.17, 15) is 4.79 Å². The molecule has 2 aromatic rings. The first-order valence-corrected chi connectivity index (χ1v) is 8.29. The Labute approximate surface area is 141 Å². The second-order valence-electron chi connectivity index (χ2n) is 6.08. The molecular formula is C17H23N5O2. The van der Waals surface area contributed by atoms with Crippen molar-refractivity contribution in [1.82, 2.24) is 24.4 Å². The van der Waals surface area contributed by atoms with Crippen LogP contribution >= 0.6 is 0 Å². The van der Waals surface area contributed by atoms with Gasteiger partial charge in [0.25, 0.3) is 0 Å². The van der Waals surface area contributed by atoms with E-state index in [2.05, 4.69) is 15.0 Å². The largest absolute Gasteiger partial charge is 0.368 e. The summed E-state index contributed by atoms with van der Waals surface area (Å²) < 4.78 is 7.81. The molecule has 3 heterocycles. The lowest BCUT2D eigenvalue weighted by molar-refractivity contribution is -0.139. The second kappa shape index (κ2) is 7.53. The minimum atomic E-state index is -0.170. The molecule has 0 unspecified atom stereocenters. The molecule has 0 aromatic carbocycles. The van der Waals surface area contributed by atoms with Crippen molar-refractivity contribution in [1.29, 1.82) is 0 Å². The van der Waals surface area contributed by atoms with E-state index in [0.717, 1.165) is 30.2 Å². The number of amides is 1. The van der Waals surface area contributed by atoms with Crippen LogP contribution in [0, 0.1) is 13.8 Å². The third-order valence-corrected chi connectivity index (χ3v) is 4.10. The number of hydrogen-bond acceptors (Lipinski definition) is 5.